The van der Waals surface area contributed by atoms with Gasteiger partial charge in [-0.25, -0.2) is 14.6 Å². The van der Waals surface area contributed by atoms with Crippen molar-refractivity contribution in [2.45, 2.75) is 0 Å². The van der Waals surface area contributed by atoms with Crippen LogP contribution in [0.5, 0.6) is 0 Å². The second kappa shape index (κ2) is 3.11. The van der Waals surface area contributed by atoms with Gasteiger partial charge in [0, 0.05) is 5.38 Å². The second-order valence-corrected chi connectivity index (χ2v) is 2.25. The number of hydrogen-bond donors (Lipinski definition) is 1. The number of hydrogen-bond acceptors (Lipinski definition) is 5. The molecule has 0 saturated carbocycles. The fourth-order valence-electron chi connectivity index (χ4n) is 0.445. The number of esters is 1. The average molecular weight is 173 g/mol. The molecule has 0 fully saturated rings. The summed E-state index contributed by atoms with van der Waals surface area (Å²) in [6.45, 7) is 0. The Labute approximate surface area is 65.3 Å². The molecule has 0 aliphatic carbocycles. The lowest BCUT2D eigenvalue weighted by molar-refractivity contribution is 0.0504. The lowest BCUT2D eigenvalue weighted by Crippen LogP contribution is -2.10. The van der Waals surface area contributed by atoms with Crippen molar-refractivity contribution in [3.8, 4) is 0 Å². The van der Waals surface area contributed by atoms with E-state index in [1.807, 2.05) is 0 Å². The molecule has 5 nitrogen and oxygen atoms in total. The minimum Gasteiger partial charge on any atom is -0.449 e. The number of carboxylic acid groups (broad SMARTS) is 1. The first kappa shape index (κ1) is 7.67. The topological polar surface area (TPSA) is 76.5 Å². The van der Waals surface area contributed by atoms with Gasteiger partial charge in [-0.15, -0.1) is 11.3 Å². The summed E-state index contributed by atoms with van der Waals surface area (Å²) in [6, 6.07) is 0. The third kappa shape index (κ3) is 2.01. The Bertz CT molecular complexity index is 268. The van der Waals surface area contributed by atoms with E-state index in [1.54, 1.807) is 0 Å². The Morgan fingerprint density at radius 2 is 2.36 bits per heavy atom. The summed E-state index contributed by atoms with van der Waals surface area (Å²) in [7, 11) is 0. The highest BCUT2D eigenvalue weighted by atomic mass is 32.1. The van der Waals surface area contributed by atoms with E-state index < -0.39 is 12.1 Å². The van der Waals surface area contributed by atoms with Crippen molar-refractivity contribution in [3.63, 3.8) is 0 Å². The van der Waals surface area contributed by atoms with E-state index in [4.69, 9.17) is 5.11 Å². The Morgan fingerprint density at radius 1 is 1.64 bits per heavy atom. The Morgan fingerprint density at radius 3 is 2.82 bits per heavy atom. The first-order valence-corrected chi connectivity index (χ1v) is 3.47. The highest BCUT2D eigenvalue weighted by molar-refractivity contribution is 7.07. The molecule has 1 aromatic heterocycles. The molecule has 0 aliphatic heterocycles. The van der Waals surface area contributed by atoms with E-state index in [0.717, 1.165) is 0 Å². The first-order chi connectivity index (χ1) is 5.20. The van der Waals surface area contributed by atoms with Crippen molar-refractivity contribution in [1.82, 2.24) is 4.98 Å². The zero-order valence-corrected chi connectivity index (χ0v) is 6.00. The van der Waals surface area contributed by atoms with Gasteiger partial charge in [-0.05, 0) is 0 Å². The van der Waals surface area contributed by atoms with Gasteiger partial charge in [0.15, 0.2) is 5.69 Å². The molecule has 1 N–H and O–H groups in total. The zero-order valence-electron chi connectivity index (χ0n) is 5.18. The quantitative estimate of drug-likeness (QED) is 0.506. The molecule has 6 heteroatoms. The van der Waals surface area contributed by atoms with Gasteiger partial charge in [-0.1, -0.05) is 0 Å². The molecule has 0 spiro atoms. The van der Waals surface area contributed by atoms with Gasteiger partial charge in [0.25, 0.3) is 0 Å². The summed E-state index contributed by atoms with van der Waals surface area (Å²) in [5.41, 5.74) is 1.43. The predicted octanol–water partition coefficient (Wildman–Crippen LogP) is 0.978. The Kier molecular flexibility index (Phi) is 2.17. The van der Waals surface area contributed by atoms with Gasteiger partial charge in [0.2, 0.25) is 0 Å². The molecule has 0 aromatic carbocycles. The lowest BCUT2D eigenvalue weighted by atomic mass is 10.5. The van der Waals surface area contributed by atoms with E-state index in [2.05, 4.69) is 9.72 Å². The molecular weight excluding hydrogens is 170 g/mol. The number of aromatic nitrogens is 1. The number of nitrogens with zero attached hydrogens (tertiary/aromatic N) is 1. The van der Waals surface area contributed by atoms with Crippen LogP contribution in [0.25, 0.3) is 0 Å². The van der Waals surface area contributed by atoms with Crippen molar-refractivity contribution in [2.75, 3.05) is 0 Å². The summed E-state index contributed by atoms with van der Waals surface area (Å²) in [5.74, 6) is -0.946. The molecule has 0 radical (unpaired) electrons. The van der Waals surface area contributed by atoms with Crippen LogP contribution in [0.15, 0.2) is 10.9 Å². The highest BCUT2D eigenvalue weighted by Crippen LogP contribution is 2.02. The molecule has 1 heterocycles. The Hall–Kier alpha value is -1.43. The molecule has 1 aromatic rings. The maximum absolute atomic E-state index is 10.7. The van der Waals surface area contributed by atoms with Gasteiger partial charge in [-0.3, -0.25) is 0 Å². The fourth-order valence-corrected chi connectivity index (χ4v) is 0.966. The maximum Gasteiger partial charge on any atom is 0.513 e. The summed E-state index contributed by atoms with van der Waals surface area (Å²) in [6.07, 6.45) is -1.62. The molecule has 11 heavy (non-hydrogen) atoms. The van der Waals surface area contributed by atoms with E-state index in [1.165, 1.54) is 22.2 Å². The third-order valence-corrected chi connectivity index (χ3v) is 1.41. The fraction of sp³-hybridized carbons (Fsp3) is 0. The van der Waals surface area contributed by atoms with Gasteiger partial charge >= 0.3 is 12.1 Å². The van der Waals surface area contributed by atoms with Crippen LogP contribution in [-0.2, 0) is 4.74 Å². The van der Waals surface area contributed by atoms with Gasteiger partial charge in [-0.2, -0.15) is 0 Å². The molecule has 1 rings (SSSR count). The van der Waals surface area contributed by atoms with Crippen LogP contribution in [0.4, 0.5) is 4.79 Å². The molecule has 0 amide bonds. The summed E-state index contributed by atoms with van der Waals surface area (Å²) in [5, 5.41) is 9.42. The number of carbonyl (C=O) groups excluding carboxylic acids is 1. The molecule has 0 saturated heterocycles. The SMILES string of the molecule is O=C(O)OC(=O)c1cscn1. The van der Waals surface area contributed by atoms with E-state index in [-0.39, 0.29) is 5.69 Å². The normalized spacial score (nSPS) is 9.09. The van der Waals surface area contributed by atoms with Crippen molar-refractivity contribution in [2.24, 2.45) is 0 Å². The van der Waals surface area contributed by atoms with Crippen LogP contribution in [0.2, 0.25) is 0 Å². The van der Waals surface area contributed by atoms with Gasteiger partial charge in [0.05, 0.1) is 5.51 Å². The maximum atomic E-state index is 10.7. The third-order valence-electron chi connectivity index (χ3n) is 0.821. The van der Waals surface area contributed by atoms with Gasteiger partial charge in [0.1, 0.15) is 0 Å². The van der Waals surface area contributed by atoms with Crippen LogP contribution in [0, 0.1) is 0 Å². The number of rotatable bonds is 1. The van der Waals surface area contributed by atoms with E-state index >= 15 is 0 Å². The van der Waals surface area contributed by atoms with Gasteiger partial charge < -0.3 is 9.84 Å². The average Bonchev–Trinajstić information content (AvgIpc) is 2.35. The van der Waals surface area contributed by atoms with Crippen molar-refractivity contribution in [1.29, 1.82) is 0 Å². The monoisotopic (exact) mass is 173 g/mol. The number of thiazole rings is 1. The highest BCUT2D eigenvalue weighted by Gasteiger charge is 2.12. The minimum absolute atomic E-state index is 0.0115. The van der Waals surface area contributed by atoms with Crippen molar-refractivity contribution in [3.05, 3.63) is 16.6 Å². The largest absolute Gasteiger partial charge is 0.513 e. The van der Waals surface area contributed by atoms with E-state index in [0.29, 0.717) is 0 Å². The van der Waals surface area contributed by atoms with Crippen LogP contribution >= 0.6 is 11.3 Å². The van der Waals surface area contributed by atoms with Crippen LogP contribution in [0.3, 0.4) is 0 Å². The smallest absolute Gasteiger partial charge is 0.449 e. The summed E-state index contributed by atoms with van der Waals surface area (Å²) >= 11 is 1.19. The number of ether oxygens (including phenoxy) is 1. The molecule has 0 aliphatic rings. The summed E-state index contributed by atoms with van der Waals surface area (Å²) in [4.78, 5) is 24.0. The van der Waals surface area contributed by atoms with Crippen molar-refractivity contribution < 1.29 is 19.4 Å². The zero-order chi connectivity index (χ0) is 8.27. The minimum atomic E-state index is -1.62. The Balaban J connectivity index is 2.64. The molecular formula is C5H3NO4S. The van der Waals surface area contributed by atoms with Crippen molar-refractivity contribution >= 4 is 23.5 Å². The standard InChI is InChI=1S/C5H3NO4S/c7-4(10-5(8)9)3-1-11-2-6-3/h1-2H,(H,8,9). The first-order valence-electron chi connectivity index (χ1n) is 2.53. The molecule has 58 valence electrons. The molecule has 0 atom stereocenters. The predicted molar refractivity (Wildman–Crippen MR) is 35.6 cm³/mol. The lowest BCUT2D eigenvalue weighted by Gasteiger charge is -1.91. The molecule has 0 unspecified atom stereocenters. The van der Waals surface area contributed by atoms with Crippen LogP contribution < -0.4 is 0 Å². The van der Waals surface area contributed by atoms with E-state index in [9.17, 15) is 9.59 Å². The second-order valence-electron chi connectivity index (χ2n) is 1.53. The van der Waals surface area contributed by atoms with Crippen LogP contribution in [-0.4, -0.2) is 22.2 Å². The summed E-state index contributed by atoms with van der Waals surface area (Å²) < 4.78 is 3.82. The van der Waals surface area contributed by atoms with Crippen LogP contribution in [0.1, 0.15) is 10.5 Å². The molecule has 0 bridgehead atoms. The number of carbonyl (C=O) groups is 2.